The van der Waals surface area contributed by atoms with Crippen LogP contribution in [-0.2, 0) is 4.79 Å². The van der Waals surface area contributed by atoms with Gasteiger partial charge in [0.2, 0.25) is 0 Å². The zero-order valence-corrected chi connectivity index (χ0v) is 11.8. The number of amides is 1. The first kappa shape index (κ1) is 15.3. The minimum Gasteiger partial charge on any atom is -0.506 e. The summed E-state index contributed by atoms with van der Waals surface area (Å²) in [6, 6.07) is 10.6. The predicted octanol–water partition coefficient (Wildman–Crippen LogP) is 2.63. The number of aryl methyl sites for hydroxylation is 1. The standard InChI is InChI=1S/C15H14N2O5/c1-10-2-5-12(6-3-10)22-9-15(19)16-13-7-4-11(17(20)21)8-14(13)18/h2-8,18H,9H2,1H3,(H,16,19). The van der Waals surface area contributed by atoms with Crippen LogP contribution in [0.3, 0.4) is 0 Å². The van der Waals surface area contributed by atoms with Gasteiger partial charge in [0.15, 0.2) is 6.61 Å². The molecule has 0 aliphatic rings. The lowest BCUT2D eigenvalue weighted by atomic mass is 10.2. The molecule has 2 N–H and O–H groups in total. The minimum absolute atomic E-state index is 0.0862. The van der Waals surface area contributed by atoms with Crippen molar-refractivity contribution in [2.75, 3.05) is 11.9 Å². The van der Waals surface area contributed by atoms with Crippen molar-refractivity contribution >= 4 is 17.3 Å². The lowest BCUT2D eigenvalue weighted by Gasteiger charge is -2.09. The Morgan fingerprint density at radius 1 is 1.27 bits per heavy atom. The molecule has 0 spiro atoms. The highest BCUT2D eigenvalue weighted by Crippen LogP contribution is 2.27. The van der Waals surface area contributed by atoms with Crippen LogP contribution >= 0.6 is 0 Å². The third-order valence-corrected chi connectivity index (χ3v) is 2.86. The van der Waals surface area contributed by atoms with E-state index in [1.807, 2.05) is 19.1 Å². The molecule has 0 saturated heterocycles. The smallest absolute Gasteiger partial charge is 0.273 e. The van der Waals surface area contributed by atoms with Gasteiger partial charge in [-0.25, -0.2) is 0 Å². The molecule has 1 amide bonds. The van der Waals surface area contributed by atoms with Crippen LogP contribution in [-0.4, -0.2) is 22.5 Å². The number of non-ortho nitro benzene ring substituents is 1. The van der Waals surface area contributed by atoms with Gasteiger partial charge in [-0.05, 0) is 25.1 Å². The molecule has 0 fully saturated rings. The molecule has 0 bridgehead atoms. The highest BCUT2D eigenvalue weighted by Gasteiger charge is 2.12. The average Bonchev–Trinajstić information content (AvgIpc) is 2.48. The number of hydrogen-bond acceptors (Lipinski definition) is 5. The van der Waals surface area contributed by atoms with Crippen LogP contribution in [0.5, 0.6) is 11.5 Å². The normalized spacial score (nSPS) is 10.0. The number of aromatic hydroxyl groups is 1. The second-order valence-electron chi connectivity index (χ2n) is 4.61. The van der Waals surface area contributed by atoms with Gasteiger partial charge in [0, 0.05) is 6.07 Å². The number of nitrogens with zero attached hydrogens (tertiary/aromatic N) is 1. The highest BCUT2D eigenvalue weighted by molar-refractivity contribution is 5.93. The number of nitro benzene ring substituents is 1. The molecule has 2 aromatic carbocycles. The van der Waals surface area contributed by atoms with Crippen LogP contribution < -0.4 is 10.1 Å². The van der Waals surface area contributed by atoms with Gasteiger partial charge < -0.3 is 15.2 Å². The van der Waals surface area contributed by atoms with E-state index in [1.165, 1.54) is 12.1 Å². The first-order valence-corrected chi connectivity index (χ1v) is 6.42. The summed E-state index contributed by atoms with van der Waals surface area (Å²) >= 11 is 0. The van der Waals surface area contributed by atoms with Gasteiger partial charge in [-0.15, -0.1) is 0 Å². The Bertz CT molecular complexity index is 698. The van der Waals surface area contributed by atoms with E-state index in [0.29, 0.717) is 5.75 Å². The van der Waals surface area contributed by atoms with E-state index in [2.05, 4.69) is 5.32 Å². The number of ether oxygens (including phenoxy) is 1. The maximum atomic E-state index is 11.7. The SMILES string of the molecule is Cc1ccc(OCC(=O)Nc2ccc([N+](=O)[O-])cc2O)cc1. The predicted molar refractivity (Wildman–Crippen MR) is 80.1 cm³/mol. The van der Waals surface area contributed by atoms with Gasteiger partial charge in [-0.3, -0.25) is 14.9 Å². The summed E-state index contributed by atoms with van der Waals surface area (Å²) in [4.78, 5) is 21.7. The lowest BCUT2D eigenvalue weighted by molar-refractivity contribution is -0.384. The molecule has 2 rings (SSSR count). The van der Waals surface area contributed by atoms with Gasteiger partial charge in [-0.2, -0.15) is 0 Å². The molecular weight excluding hydrogens is 288 g/mol. The van der Waals surface area contributed by atoms with E-state index < -0.39 is 10.8 Å². The number of phenolic OH excluding ortho intramolecular Hbond substituents is 1. The molecule has 0 saturated carbocycles. The fourth-order valence-electron chi connectivity index (χ4n) is 1.71. The van der Waals surface area contributed by atoms with Crippen molar-refractivity contribution in [3.8, 4) is 11.5 Å². The summed E-state index contributed by atoms with van der Waals surface area (Å²) in [5.74, 6) is -0.309. The molecule has 0 radical (unpaired) electrons. The van der Waals surface area contributed by atoms with E-state index in [4.69, 9.17) is 4.74 Å². The zero-order chi connectivity index (χ0) is 16.1. The van der Waals surface area contributed by atoms with Crippen LogP contribution in [0.4, 0.5) is 11.4 Å². The number of carbonyl (C=O) groups is 1. The number of benzene rings is 2. The fraction of sp³-hybridized carbons (Fsp3) is 0.133. The maximum Gasteiger partial charge on any atom is 0.273 e. The van der Waals surface area contributed by atoms with Gasteiger partial charge in [-0.1, -0.05) is 17.7 Å². The third kappa shape index (κ3) is 3.95. The second-order valence-corrected chi connectivity index (χ2v) is 4.61. The number of hydrogen-bond donors (Lipinski definition) is 2. The molecule has 0 aliphatic carbocycles. The third-order valence-electron chi connectivity index (χ3n) is 2.86. The summed E-state index contributed by atoms with van der Waals surface area (Å²) in [5, 5.41) is 22.6. The van der Waals surface area contributed by atoms with Crippen molar-refractivity contribution in [3.63, 3.8) is 0 Å². The molecule has 2 aromatic rings. The molecule has 7 heteroatoms. The molecule has 114 valence electrons. The number of nitrogens with one attached hydrogen (secondary N) is 1. The largest absolute Gasteiger partial charge is 0.506 e. The Morgan fingerprint density at radius 3 is 2.55 bits per heavy atom. The zero-order valence-electron chi connectivity index (χ0n) is 11.8. The van der Waals surface area contributed by atoms with Gasteiger partial charge in [0.25, 0.3) is 11.6 Å². The molecule has 22 heavy (non-hydrogen) atoms. The van der Waals surface area contributed by atoms with E-state index in [0.717, 1.165) is 11.6 Å². The Hall–Kier alpha value is -3.09. The average molecular weight is 302 g/mol. The van der Waals surface area contributed by atoms with E-state index in [9.17, 15) is 20.0 Å². The maximum absolute atomic E-state index is 11.7. The van der Waals surface area contributed by atoms with E-state index in [1.54, 1.807) is 12.1 Å². The quantitative estimate of drug-likeness (QED) is 0.502. The summed E-state index contributed by atoms with van der Waals surface area (Å²) in [6.07, 6.45) is 0. The summed E-state index contributed by atoms with van der Waals surface area (Å²) in [6.45, 7) is 1.70. The number of anilines is 1. The van der Waals surface area contributed by atoms with Crippen molar-refractivity contribution < 1.29 is 19.6 Å². The van der Waals surface area contributed by atoms with Crippen molar-refractivity contribution in [2.45, 2.75) is 6.92 Å². The monoisotopic (exact) mass is 302 g/mol. The highest BCUT2D eigenvalue weighted by atomic mass is 16.6. The Morgan fingerprint density at radius 2 is 1.95 bits per heavy atom. The molecule has 0 heterocycles. The molecule has 0 aliphatic heterocycles. The van der Waals surface area contributed by atoms with Crippen molar-refractivity contribution in [1.82, 2.24) is 0 Å². The first-order chi connectivity index (χ1) is 10.5. The van der Waals surface area contributed by atoms with Gasteiger partial charge >= 0.3 is 0 Å². The molecular formula is C15H14N2O5. The second kappa shape index (κ2) is 6.57. The Labute approximate surface area is 126 Å². The van der Waals surface area contributed by atoms with Crippen molar-refractivity contribution in [2.24, 2.45) is 0 Å². The number of nitro groups is 1. The summed E-state index contributed by atoms with van der Waals surface area (Å²) in [7, 11) is 0. The van der Waals surface area contributed by atoms with Crippen LogP contribution in [0.2, 0.25) is 0 Å². The number of carbonyl (C=O) groups excluding carboxylic acids is 1. The lowest BCUT2D eigenvalue weighted by Crippen LogP contribution is -2.20. The Kier molecular flexibility index (Phi) is 4.57. The molecule has 7 nitrogen and oxygen atoms in total. The molecule has 0 unspecified atom stereocenters. The minimum atomic E-state index is -0.633. The van der Waals surface area contributed by atoms with Crippen LogP contribution in [0.15, 0.2) is 42.5 Å². The number of phenols is 1. The van der Waals surface area contributed by atoms with Crippen molar-refractivity contribution in [1.29, 1.82) is 0 Å². The summed E-state index contributed by atoms with van der Waals surface area (Å²) in [5.41, 5.74) is 0.905. The molecule has 0 aromatic heterocycles. The first-order valence-electron chi connectivity index (χ1n) is 6.42. The fourth-order valence-corrected chi connectivity index (χ4v) is 1.71. The van der Waals surface area contributed by atoms with E-state index >= 15 is 0 Å². The van der Waals surface area contributed by atoms with Gasteiger partial charge in [0.05, 0.1) is 16.7 Å². The van der Waals surface area contributed by atoms with E-state index in [-0.39, 0.29) is 23.7 Å². The van der Waals surface area contributed by atoms with Gasteiger partial charge in [0.1, 0.15) is 11.5 Å². The Balaban J connectivity index is 1.94. The van der Waals surface area contributed by atoms with Crippen LogP contribution in [0, 0.1) is 17.0 Å². The van der Waals surface area contributed by atoms with Crippen molar-refractivity contribution in [3.05, 3.63) is 58.1 Å². The number of rotatable bonds is 5. The van der Waals surface area contributed by atoms with Crippen LogP contribution in [0.1, 0.15) is 5.56 Å². The topological polar surface area (TPSA) is 102 Å². The van der Waals surface area contributed by atoms with Crippen LogP contribution in [0.25, 0.3) is 0 Å². The summed E-state index contributed by atoms with van der Waals surface area (Å²) < 4.78 is 5.29. The molecule has 0 atom stereocenters.